The predicted octanol–water partition coefficient (Wildman–Crippen LogP) is 2.71. The molecular formula is C26H31F2N7O3S. The van der Waals surface area contributed by atoms with Crippen molar-refractivity contribution in [2.45, 2.75) is 6.54 Å². The van der Waals surface area contributed by atoms with Crippen molar-refractivity contribution in [1.29, 1.82) is 0 Å². The van der Waals surface area contributed by atoms with Crippen LogP contribution in [0.3, 0.4) is 0 Å². The SMILES string of the molecule is NC(=O)c1cnc(Nc2ccc(N3CCN(CCNCS(=O)O)CC3)cc2)cc1NCc1cc(F)cc(F)c1. The van der Waals surface area contributed by atoms with Crippen LogP contribution in [0.4, 0.5) is 31.7 Å². The molecule has 1 saturated heterocycles. The first kappa shape index (κ1) is 28.4. The molecule has 1 aromatic heterocycles. The first-order valence-corrected chi connectivity index (χ1v) is 13.7. The molecule has 39 heavy (non-hydrogen) atoms. The van der Waals surface area contributed by atoms with Crippen LogP contribution in [0.1, 0.15) is 15.9 Å². The summed E-state index contributed by atoms with van der Waals surface area (Å²) in [6.07, 6.45) is 1.35. The minimum atomic E-state index is -1.82. The van der Waals surface area contributed by atoms with E-state index in [9.17, 15) is 17.8 Å². The Hall–Kier alpha value is -3.65. The van der Waals surface area contributed by atoms with Crippen molar-refractivity contribution in [2.24, 2.45) is 5.73 Å². The summed E-state index contributed by atoms with van der Waals surface area (Å²) in [6, 6.07) is 12.8. The fourth-order valence-corrected chi connectivity index (χ4v) is 4.63. The smallest absolute Gasteiger partial charge is 0.252 e. The van der Waals surface area contributed by atoms with Crippen LogP contribution in [0.25, 0.3) is 0 Å². The number of nitrogens with one attached hydrogen (secondary N) is 3. The van der Waals surface area contributed by atoms with Crippen molar-refractivity contribution in [2.75, 3.05) is 60.7 Å². The van der Waals surface area contributed by atoms with Gasteiger partial charge in [0.1, 0.15) is 17.5 Å². The molecular weight excluding hydrogens is 528 g/mol. The minimum absolute atomic E-state index is 0.0825. The third-order valence-electron chi connectivity index (χ3n) is 6.28. The number of nitrogens with two attached hydrogens (primary N) is 1. The summed E-state index contributed by atoms with van der Waals surface area (Å²) >= 11 is -1.82. The maximum Gasteiger partial charge on any atom is 0.252 e. The third-order valence-corrected chi connectivity index (χ3v) is 6.73. The lowest BCUT2D eigenvalue weighted by molar-refractivity contribution is 0.100. The molecule has 1 amide bonds. The lowest BCUT2D eigenvalue weighted by Gasteiger charge is -2.36. The second kappa shape index (κ2) is 13.4. The lowest BCUT2D eigenvalue weighted by Crippen LogP contribution is -2.48. The number of piperazine rings is 1. The van der Waals surface area contributed by atoms with E-state index in [1.54, 1.807) is 6.07 Å². The maximum atomic E-state index is 13.5. The van der Waals surface area contributed by atoms with E-state index in [0.717, 1.165) is 50.2 Å². The quantitative estimate of drug-likeness (QED) is 0.168. The number of primary amides is 1. The largest absolute Gasteiger partial charge is 0.380 e. The van der Waals surface area contributed by atoms with E-state index in [0.29, 0.717) is 23.6 Å². The fraction of sp³-hybridized carbons (Fsp3) is 0.308. The van der Waals surface area contributed by atoms with E-state index >= 15 is 0 Å². The second-order valence-electron chi connectivity index (χ2n) is 9.08. The molecule has 0 radical (unpaired) electrons. The highest BCUT2D eigenvalue weighted by Gasteiger charge is 2.17. The lowest BCUT2D eigenvalue weighted by atomic mass is 10.1. The van der Waals surface area contributed by atoms with E-state index < -0.39 is 28.6 Å². The number of rotatable bonds is 12. The van der Waals surface area contributed by atoms with Crippen LogP contribution in [0.2, 0.25) is 0 Å². The zero-order chi connectivity index (χ0) is 27.8. The van der Waals surface area contributed by atoms with Crippen molar-refractivity contribution < 1.29 is 22.3 Å². The fourth-order valence-electron chi connectivity index (χ4n) is 4.31. The standard InChI is InChI=1S/C26H31F2N7O3S/c27-19-11-18(12-20(28)13-19)15-31-24-14-25(32-16-23(24)26(29)36)33-21-1-3-22(4-2-21)35-9-7-34(8-10-35)6-5-30-17-39(37)38/h1-4,11-14,16,30H,5-10,15,17H2,(H2,29,36)(H,37,38)(H2,31,32,33). The van der Waals surface area contributed by atoms with Gasteiger partial charge in [-0.05, 0) is 42.0 Å². The summed E-state index contributed by atoms with van der Waals surface area (Å²) in [5.41, 5.74) is 8.29. The van der Waals surface area contributed by atoms with Crippen LogP contribution in [0.15, 0.2) is 54.7 Å². The first-order valence-electron chi connectivity index (χ1n) is 12.4. The van der Waals surface area contributed by atoms with Gasteiger partial charge < -0.3 is 31.1 Å². The molecule has 0 aliphatic carbocycles. The number of nitrogens with zero attached hydrogens (tertiary/aromatic N) is 3. The van der Waals surface area contributed by atoms with E-state index in [2.05, 4.69) is 30.7 Å². The zero-order valence-electron chi connectivity index (χ0n) is 21.2. The van der Waals surface area contributed by atoms with Crippen LogP contribution in [0.5, 0.6) is 0 Å². The van der Waals surface area contributed by atoms with Crippen molar-refractivity contribution in [3.63, 3.8) is 0 Å². The Labute approximate surface area is 227 Å². The average Bonchev–Trinajstić information content (AvgIpc) is 2.90. The molecule has 1 aliphatic heterocycles. The van der Waals surface area contributed by atoms with E-state index in [-0.39, 0.29) is 18.0 Å². The summed E-state index contributed by atoms with van der Waals surface area (Å²) in [5.74, 6) is -1.50. The van der Waals surface area contributed by atoms with Gasteiger partial charge in [-0.1, -0.05) is 0 Å². The molecule has 2 heterocycles. The van der Waals surface area contributed by atoms with Gasteiger partial charge in [-0.25, -0.2) is 18.0 Å². The Balaban J connectivity index is 1.34. The number of anilines is 4. The number of benzene rings is 2. The Morgan fingerprint density at radius 2 is 1.74 bits per heavy atom. The first-order chi connectivity index (χ1) is 18.8. The summed E-state index contributed by atoms with van der Waals surface area (Å²) < 4.78 is 46.6. The van der Waals surface area contributed by atoms with Gasteiger partial charge in [-0.15, -0.1) is 0 Å². The van der Waals surface area contributed by atoms with Crippen molar-refractivity contribution in [1.82, 2.24) is 15.2 Å². The van der Waals surface area contributed by atoms with Gasteiger partial charge in [-0.3, -0.25) is 9.69 Å². The van der Waals surface area contributed by atoms with Crippen LogP contribution in [-0.4, -0.2) is 69.7 Å². The molecule has 13 heteroatoms. The monoisotopic (exact) mass is 559 g/mol. The normalized spacial score (nSPS) is 14.7. The summed E-state index contributed by atoms with van der Waals surface area (Å²) in [7, 11) is 0. The van der Waals surface area contributed by atoms with Gasteiger partial charge in [0.2, 0.25) is 0 Å². The molecule has 4 rings (SSSR count). The summed E-state index contributed by atoms with van der Waals surface area (Å²) in [5, 5.41) is 9.18. The molecule has 10 nitrogen and oxygen atoms in total. The molecule has 1 unspecified atom stereocenters. The highest BCUT2D eigenvalue weighted by molar-refractivity contribution is 7.79. The molecule has 0 spiro atoms. The van der Waals surface area contributed by atoms with Crippen molar-refractivity contribution in [3.05, 3.63) is 77.5 Å². The van der Waals surface area contributed by atoms with Crippen LogP contribution in [0, 0.1) is 11.6 Å². The van der Waals surface area contributed by atoms with Gasteiger partial charge in [0.15, 0.2) is 11.1 Å². The van der Waals surface area contributed by atoms with E-state index in [1.165, 1.54) is 18.3 Å². The molecule has 0 bridgehead atoms. The minimum Gasteiger partial charge on any atom is -0.380 e. The Morgan fingerprint density at radius 1 is 1.05 bits per heavy atom. The molecule has 3 aromatic rings. The highest BCUT2D eigenvalue weighted by Crippen LogP contribution is 2.25. The molecule has 1 fully saturated rings. The number of amides is 1. The predicted molar refractivity (Wildman–Crippen MR) is 148 cm³/mol. The molecule has 1 atom stereocenters. The molecule has 6 N–H and O–H groups in total. The number of halogens is 2. The Bertz CT molecular complexity index is 1280. The number of pyridine rings is 1. The highest BCUT2D eigenvalue weighted by atomic mass is 32.2. The van der Waals surface area contributed by atoms with Crippen LogP contribution < -0.4 is 26.6 Å². The third kappa shape index (κ3) is 8.42. The number of aromatic nitrogens is 1. The Morgan fingerprint density at radius 3 is 2.38 bits per heavy atom. The van der Waals surface area contributed by atoms with E-state index in [1.807, 2.05) is 24.3 Å². The molecule has 208 valence electrons. The van der Waals surface area contributed by atoms with Gasteiger partial charge in [0, 0.05) is 75.5 Å². The van der Waals surface area contributed by atoms with Crippen LogP contribution in [-0.2, 0) is 17.6 Å². The molecule has 0 saturated carbocycles. The number of hydrogen-bond donors (Lipinski definition) is 5. The number of carbonyl (C=O) groups is 1. The van der Waals surface area contributed by atoms with Gasteiger partial charge in [0.05, 0.1) is 17.1 Å². The number of hydrogen-bond acceptors (Lipinski definition) is 8. The molecule has 1 aliphatic rings. The van der Waals surface area contributed by atoms with Gasteiger partial charge in [-0.2, -0.15) is 0 Å². The topological polar surface area (TPSA) is 136 Å². The van der Waals surface area contributed by atoms with E-state index in [4.69, 9.17) is 10.3 Å². The second-order valence-corrected chi connectivity index (χ2v) is 10.0. The molecule has 2 aromatic carbocycles. The summed E-state index contributed by atoms with van der Waals surface area (Å²) in [6.45, 7) is 5.13. The van der Waals surface area contributed by atoms with Gasteiger partial charge >= 0.3 is 0 Å². The number of carbonyl (C=O) groups excluding carboxylic acids is 1. The van der Waals surface area contributed by atoms with Crippen molar-refractivity contribution >= 4 is 39.9 Å². The van der Waals surface area contributed by atoms with Gasteiger partial charge in [0.25, 0.3) is 5.91 Å². The van der Waals surface area contributed by atoms with Crippen LogP contribution >= 0.6 is 0 Å². The maximum absolute atomic E-state index is 13.5. The Kier molecular flexibility index (Phi) is 9.76. The summed E-state index contributed by atoms with van der Waals surface area (Å²) in [4.78, 5) is 20.8. The van der Waals surface area contributed by atoms with Crippen molar-refractivity contribution in [3.8, 4) is 0 Å². The zero-order valence-corrected chi connectivity index (χ0v) is 22.0. The average molecular weight is 560 g/mol.